The highest BCUT2D eigenvalue weighted by Gasteiger charge is 2.35. The summed E-state index contributed by atoms with van der Waals surface area (Å²) >= 11 is 0. The van der Waals surface area contributed by atoms with Crippen LogP contribution in [0.4, 0.5) is 0 Å². The van der Waals surface area contributed by atoms with E-state index < -0.39 is 5.54 Å². The van der Waals surface area contributed by atoms with Gasteiger partial charge in [0.05, 0.1) is 12.7 Å². The normalized spacial score (nSPS) is 19.6. The van der Waals surface area contributed by atoms with Crippen LogP contribution in [0.5, 0.6) is 0 Å². The molecule has 0 saturated heterocycles. The lowest BCUT2D eigenvalue weighted by molar-refractivity contribution is -0.152. The van der Waals surface area contributed by atoms with Crippen LogP contribution >= 0.6 is 0 Å². The maximum Gasteiger partial charge on any atom is 0.326 e. The average molecular weight is 271 g/mol. The summed E-state index contributed by atoms with van der Waals surface area (Å²) in [5, 5.41) is 3.31. The molecule has 1 saturated carbocycles. The van der Waals surface area contributed by atoms with E-state index in [4.69, 9.17) is 9.47 Å². The molecule has 0 heterocycles. The summed E-state index contributed by atoms with van der Waals surface area (Å²) in [4.78, 5) is 12.1. The molecule has 1 fully saturated rings. The van der Waals surface area contributed by atoms with Gasteiger partial charge in [0.25, 0.3) is 0 Å². The lowest BCUT2D eigenvalue weighted by Crippen LogP contribution is -2.54. The highest BCUT2D eigenvalue weighted by Crippen LogP contribution is 2.22. The van der Waals surface area contributed by atoms with Gasteiger partial charge in [0.2, 0.25) is 0 Å². The molecule has 0 aromatic carbocycles. The zero-order valence-corrected chi connectivity index (χ0v) is 12.8. The fourth-order valence-corrected chi connectivity index (χ4v) is 2.65. The first-order valence-corrected chi connectivity index (χ1v) is 7.54. The number of esters is 1. The van der Waals surface area contributed by atoms with Gasteiger partial charge in [-0.1, -0.05) is 12.8 Å². The second-order valence-corrected chi connectivity index (χ2v) is 5.88. The van der Waals surface area contributed by atoms with Gasteiger partial charge in [-0.15, -0.1) is 0 Å². The van der Waals surface area contributed by atoms with Crippen molar-refractivity contribution in [3.8, 4) is 0 Å². The first-order valence-electron chi connectivity index (χ1n) is 7.54. The Labute approximate surface area is 117 Å². The molecule has 0 aromatic rings. The van der Waals surface area contributed by atoms with Gasteiger partial charge < -0.3 is 9.47 Å². The van der Waals surface area contributed by atoms with Crippen LogP contribution < -0.4 is 5.32 Å². The zero-order valence-electron chi connectivity index (χ0n) is 12.8. The third kappa shape index (κ3) is 5.49. The van der Waals surface area contributed by atoms with E-state index in [1.807, 2.05) is 27.7 Å². The highest BCUT2D eigenvalue weighted by molar-refractivity contribution is 5.80. The third-order valence-electron chi connectivity index (χ3n) is 3.59. The number of nitrogens with one attached hydrogen (secondary N) is 1. The Morgan fingerprint density at radius 2 is 2.00 bits per heavy atom. The quantitative estimate of drug-likeness (QED) is 0.689. The van der Waals surface area contributed by atoms with Crippen LogP contribution in [0.15, 0.2) is 0 Å². The van der Waals surface area contributed by atoms with Crippen molar-refractivity contribution in [1.82, 2.24) is 5.32 Å². The standard InChI is InChI=1S/C15H29NO3/c1-5-18-14(17)15(4,16-12(2)3)10-11-19-13-8-6-7-9-13/h12-13,16H,5-11H2,1-4H3. The van der Waals surface area contributed by atoms with Crippen molar-refractivity contribution in [1.29, 1.82) is 0 Å². The minimum atomic E-state index is -0.650. The van der Waals surface area contributed by atoms with Gasteiger partial charge in [-0.05, 0) is 47.0 Å². The van der Waals surface area contributed by atoms with E-state index in [1.165, 1.54) is 12.8 Å². The van der Waals surface area contributed by atoms with Crippen molar-refractivity contribution in [2.45, 2.75) is 77.5 Å². The molecule has 0 radical (unpaired) electrons. The topological polar surface area (TPSA) is 47.6 Å². The molecule has 0 aromatic heterocycles. The van der Waals surface area contributed by atoms with Crippen molar-refractivity contribution in [3.63, 3.8) is 0 Å². The SMILES string of the molecule is CCOC(=O)C(C)(CCOC1CCCC1)NC(C)C. The molecular weight excluding hydrogens is 242 g/mol. The molecule has 1 aliphatic carbocycles. The maximum atomic E-state index is 12.1. The molecule has 4 nitrogen and oxygen atoms in total. The van der Waals surface area contributed by atoms with E-state index in [9.17, 15) is 4.79 Å². The number of hydrogen-bond donors (Lipinski definition) is 1. The first kappa shape index (κ1) is 16.4. The molecule has 112 valence electrons. The predicted molar refractivity (Wildman–Crippen MR) is 76.1 cm³/mol. The molecule has 19 heavy (non-hydrogen) atoms. The lowest BCUT2D eigenvalue weighted by atomic mass is 9.97. The number of hydrogen-bond acceptors (Lipinski definition) is 4. The number of carbonyl (C=O) groups is 1. The van der Waals surface area contributed by atoms with Crippen molar-refractivity contribution >= 4 is 5.97 Å². The van der Waals surface area contributed by atoms with E-state index in [0.29, 0.717) is 25.7 Å². The Balaban J connectivity index is 2.45. The van der Waals surface area contributed by atoms with Crippen molar-refractivity contribution < 1.29 is 14.3 Å². The molecule has 0 bridgehead atoms. The van der Waals surface area contributed by atoms with Crippen LogP contribution in [0, 0.1) is 0 Å². The van der Waals surface area contributed by atoms with Crippen molar-refractivity contribution in [2.24, 2.45) is 0 Å². The second-order valence-electron chi connectivity index (χ2n) is 5.88. The summed E-state index contributed by atoms with van der Waals surface area (Å²) < 4.78 is 11.0. The summed E-state index contributed by atoms with van der Waals surface area (Å²) in [6.07, 6.45) is 5.90. The Morgan fingerprint density at radius 1 is 1.37 bits per heavy atom. The summed E-state index contributed by atoms with van der Waals surface area (Å²) in [7, 11) is 0. The first-order chi connectivity index (χ1) is 8.98. The Hall–Kier alpha value is -0.610. The fraction of sp³-hybridized carbons (Fsp3) is 0.933. The third-order valence-corrected chi connectivity index (χ3v) is 3.59. The number of rotatable bonds is 8. The molecule has 1 unspecified atom stereocenters. The molecule has 4 heteroatoms. The number of ether oxygens (including phenoxy) is 2. The molecule has 0 aliphatic heterocycles. The van der Waals surface area contributed by atoms with Gasteiger partial charge in [-0.3, -0.25) is 10.1 Å². The minimum absolute atomic E-state index is 0.182. The highest BCUT2D eigenvalue weighted by atomic mass is 16.5. The molecule has 0 spiro atoms. The fourth-order valence-electron chi connectivity index (χ4n) is 2.65. The summed E-state index contributed by atoms with van der Waals surface area (Å²) in [6.45, 7) is 8.84. The van der Waals surface area contributed by atoms with Crippen LogP contribution in [-0.2, 0) is 14.3 Å². The summed E-state index contributed by atoms with van der Waals surface area (Å²) in [5.41, 5.74) is -0.650. The van der Waals surface area contributed by atoms with Gasteiger partial charge in [0, 0.05) is 12.6 Å². The van der Waals surface area contributed by atoms with Crippen LogP contribution in [0.3, 0.4) is 0 Å². The lowest BCUT2D eigenvalue weighted by Gasteiger charge is -2.31. The molecule has 1 aliphatic rings. The van der Waals surface area contributed by atoms with E-state index in [2.05, 4.69) is 5.32 Å². The molecule has 1 rings (SSSR count). The van der Waals surface area contributed by atoms with Gasteiger partial charge in [-0.25, -0.2) is 0 Å². The second kappa shape index (κ2) is 7.85. The molecule has 1 atom stereocenters. The minimum Gasteiger partial charge on any atom is -0.465 e. The Bertz CT molecular complexity index is 275. The van der Waals surface area contributed by atoms with E-state index in [0.717, 1.165) is 12.8 Å². The summed E-state index contributed by atoms with van der Waals surface area (Å²) in [6, 6.07) is 0.237. The Kier molecular flexibility index (Phi) is 6.80. The van der Waals surface area contributed by atoms with E-state index in [1.54, 1.807) is 0 Å². The van der Waals surface area contributed by atoms with Crippen LogP contribution in [0.2, 0.25) is 0 Å². The van der Waals surface area contributed by atoms with Gasteiger partial charge in [0.15, 0.2) is 0 Å². The molecule has 1 N–H and O–H groups in total. The van der Waals surface area contributed by atoms with Crippen LogP contribution in [-0.4, -0.2) is 36.9 Å². The monoisotopic (exact) mass is 271 g/mol. The van der Waals surface area contributed by atoms with Crippen molar-refractivity contribution in [3.05, 3.63) is 0 Å². The van der Waals surface area contributed by atoms with Gasteiger partial charge >= 0.3 is 5.97 Å². The molecular formula is C15H29NO3. The number of carbonyl (C=O) groups excluding carboxylic acids is 1. The van der Waals surface area contributed by atoms with Crippen LogP contribution in [0.25, 0.3) is 0 Å². The average Bonchev–Trinajstić information content (AvgIpc) is 2.81. The molecule has 0 amide bonds. The largest absolute Gasteiger partial charge is 0.465 e. The van der Waals surface area contributed by atoms with Crippen LogP contribution in [0.1, 0.15) is 59.8 Å². The van der Waals surface area contributed by atoms with Crippen molar-refractivity contribution in [2.75, 3.05) is 13.2 Å². The summed E-state index contributed by atoms with van der Waals surface area (Å²) in [5.74, 6) is -0.182. The van der Waals surface area contributed by atoms with E-state index in [-0.39, 0.29) is 12.0 Å². The van der Waals surface area contributed by atoms with Gasteiger partial charge in [-0.2, -0.15) is 0 Å². The Morgan fingerprint density at radius 3 is 2.53 bits per heavy atom. The van der Waals surface area contributed by atoms with Gasteiger partial charge in [0.1, 0.15) is 5.54 Å². The van der Waals surface area contributed by atoms with E-state index >= 15 is 0 Å². The maximum absolute atomic E-state index is 12.1. The predicted octanol–water partition coefficient (Wildman–Crippen LogP) is 2.66. The zero-order chi connectivity index (χ0) is 14.3. The smallest absolute Gasteiger partial charge is 0.326 e.